The van der Waals surface area contributed by atoms with Crippen molar-refractivity contribution in [3.05, 3.63) is 66.1 Å². The molecule has 1 amide bonds. The Morgan fingerprint density at radius 3 is 2.50 bits per heavy atom. The van der Waals surface area contributed by atoms with Crippen molar-refractivity contribution in [1.82, 2.24) is 19.3 Å². The van der Waals surface area contributed by atoms with Gasteiger partial charge in [0.1, 0.15) is 6.04 Å². The fraction of sp³-hybridized carbons (Fsp3) is 0.400. The van der Waals surface area contributed by atoms with Crippen LogP contribution in [0, 0.1) is 12.8 Å². The highest BCUT2D eigenvalue weighted by Crippen LogP contribution is 2.35. The molecule has 0 spiro atoms. The van der Waals surface area contributed by atoms with Crippen LogP contribution >= 0.6 is 0 Å². The summed E-state index contributed by atoms with van der Waals surface area (Å²) in [4.78, 5) is 20.2. The third kappa shape index (κ3) is 4.37. The van der Waals surface area contributed by atoms with Crippen molar-refractivity contribution in [3.8, 4) is 11.4 Å². The third-order valence-corrected chi connectivity index (χ3v) is 8.57. The Hall–Kier alpha value is -3.04. The van der Waals surface area contributed by atoms with Crippen LogP contribution in [0.5, 0.6) is 0 Å². The Balaban J connectivity index is 1.32. The smallest absolute Gasteiger partial charge is 0.249 e. The molecule has 34 heavy (non-hydrogen) atoms. The first-order valence-corrected chi connectivity index (χ1v) is 13.1. The number of benzene rings is 2. The Labute approximate surface area is 199 Å². The van der Waals surface area contributed by atoms with Gasteiger partial charge in [-0.15, -0.1) is 0 Å². The Morgan fingerprint density at radius 1 is 1.00 bits per heavy atom. The number of nitrogens with zero attached hydrogens (tertiary/aromatic N) is 4. The molecule has 0 bridgehead atoms. The van der Waals surface area contributed by atoms with Crippen molar-refractivity contribution < 1.29 is 17.7 Å². The molecule has 2 aromatic carbocycles. The summed E-state index contributed by atoms with van der Waals surface area (Å²) >= 11 is 0. The number of likely N-dealkylation sites (tertiary alicyclic amines) is 1. The van der Waals surface area contributed by atoms with E-state index < -0.39 is 10.0 Å². The predicted octanol–water partition coefficient (Wildman–Crippen LogP) is 3.81. The maximum Gasteiger partial charge on any atom is 0.249 e. The van der Waals surface area contributed by atoms with Gasteiger partial charge < -0.3 is 9.42 Å². The Morgan fingerprint density at radius 2 is 1.74 bits per heavy atom. The van der Waals surface area contributed by atoms with Gasteiger partial charge in [-0.05, 0) is 44.7 Å². The van der Waals surface area contributed by atoms with Gasteiger partial charge in [0.05, 0.1) is 10.8 Å². The molecule has 0 N–H and O–H groups in total. The zero-order chi connectivity index (χ0) is 23.7. The normalized spacial score (nSPS) is 21.6. The standard InChI is InChI=1S/C25H28N4O4S/c1-18-11-13-21(14-12-18)34(31,32)28-15-5-9-20(17-28)25(30)29-16-6-10-22(29)24-26-23(27-33-24)19-7-3-2-4-8-19/h2-4,7-8,11-14,20,22H,5-6,9-10,15-17H2,1H3/t20-,22-/m1/s1. The van der Waals surface area contributed by atoms with Gasteiger partial charge in [-0.1, -0.05) is 53.2 Å². The number of carbonyl (C=O) groups excluding carboxylic acids is 1. The lowest BCUT2D eigenvalue weighted by Crippen LogP contribution is -2.46. The maximum atomic E-state index is 13.5. The molecule has 5 rings (SSSR count). The molecule has 0 unspecified atom stereocenters. The lowest BCUT2D eigenvalue weighted by Gasteiger charge is -2.34. The first kappa shape index (κ1) is 22.7. The molecule has 178 valence electrons. The molecule has 1 aromatic heterocycles. The van der Waals surface area contributed by atoms with Gasteiger partial charge in [0.2, 0.25) is 27.6 Å². The van der Waals surface area contributed by atoms with Crippen molar-refractivity contribution in [3.63, 3.8) is 0 Å². The molecule has 0 saturated carbocycles. The van der Waals surface area contributed by atoms with E-state index >= 15 is 0 Å². The number of piperidine rings is 1. The molecule has 0 aliphatic carbocycles. The predicted molar refractivity (Wildman–Crippen MR) is 126 cm³/mol. The second-order valence-electron chi connectivity index (χ2n) is 9.03. The van der Waals surface area contributed by atoms with E-state index in [0.29, 0.717) is 37.6 Å². The second-order valence-corrected chi connectivity index (χ2v) is 11.0. The average Bonchev–Trinajstić information content (AvgIpc) is 3.54. The molecule has 2 atom stereocenters. The van der Waals surface area contributed by atoms with Gasteiger partial charge in [-0.2, -0.15) is 9.29 Å². The van der Waals surface area contributed by atoms with Crippen molar-refractivity contribution >= 4 is 15.9 Å². The van der Waals surface area contributed by atoms with Gasteiger partial charge in [-0.3, -0.25) is 4.79 Å². The second kappa shape index (κ2) is 9.31. The number of rotatable bonds is 5. The molecule has 3 heterocycles. The zero-order valence-electron chi connectivity index (χ0n) is 19.1. The van der Waals surface area contributed by atoms with Crippen molar-refractivity contribution in [1.29, 1.82) is 0 Å². The number of sulfonamides is 1. The van der Waals surface area contributed by atoms with Crippen LogP contribution in [0.3, 0.4) is 0 Å². The summed E-state index contributed by atoms with van der Waals surface area (Å²) in [6.45, 7) is 3.14. The highest BCUT2D eigenvalue weighted by Gasteiger charge is 2.40. The van der Waals surface area contributed by atoms with E-state index in [4.69, 9.17) is 4.52 Å². The molecule has 3 aromatic rings. The number of aryl methyl sites for hydroxylation is 1. The molecule has 2 saturated heterocycles. The van der Waals surface area contributed by atoms with Crippen molar-refractivity contribution in [2.75, 3.05) is 19.6 Å². The summed E-state index contributed by atoms with van der Waals surface area (Å²) in [5.41, 5.74) is 1.86. The van der Waals surface area contributed by atoms with E-state index in [9.17, 15) is 13.2 Å². The number of carbonyl (C=O) groups is 1. The van der Waals surface area contributed by atoms with E-state index in [1.165, 1.54) is 4.31 Å². The Bertz CT molecular complexity index is 1260. The molecule has 2 aliphatic rings. The first-order valence-electron chi connectivity index (χ1n) is 11.7. The van der Waals surface area contributed by atoms with Crippen LogP contribution in [-0.4, -0.2) is 53.3 Å². The molecule has 2 aliphatic heterocycles. The molecular formula is C25H28N4O4S. The SMILES string of the molecule is Cc1ccc(S(=O)(=O)N2CCC[C@@H](C(=O)N3CCC[C@@H]3c3nc(-c4ccccc4)no3)C2)cc1. The van der Waals surface area contributed by atoms with Crippen LogP contribution in [0.4, 0.5) is 0 Å². The van der Waals surface area contributed by atoms with Crippen molar-refractivity contribution in [2.45, 2.75) is 43.5 Å². The monoisotopic (exact) mass is 480 g/mol. The highest BCUT2D eigenvalue weighted by molar-refractivity contribution is 7.89. The lowest BCUT2D eigenvalue weighted by molar-refractivity contribution is -0.138. The summed E-state index contributed by atoms with van der Waals surface area (Å²) in [5.74, 6) is 0.518. The first-order chi connectivity index (χ1) is 16.4. The lowest BCUT2D eigenvalue weighted by atomic mass is 9.97. The van der Waals surface area contributed by atoms with Gasteiger partial charge in [0, 0.05) is 25.2 Å². The minimum Gasteiger partial charge on any atom is -0.337 e. The van der Waals surface area contributed by atoms with Crippen LogP contribution in [-0.2, 0) is 14.8 Å². The molecule has 0 radical (unpaired) electrons. The van der Waals surface area contributed by atoms with E-state index in [2.05, 4.69) is 10.1 Å². The maximum absolute atomic E-state index is 13.5. The molecule has 8 nitrogen and oxygen atoms in total. The highest BCUT2D eigenvalue weighted by atomic mass is 32.2. The fourth-order valence-corrected chi connectivity index (χ4v) is 6.34. The van der Waals surface area contributed by atoms with E-state index in [1.54, 1.807) is 29.2 Å². The number of aromatic nitrogens is 2. The number of hydrogen-bond acceptors (Lipinski definition) is 6. The van der Waals surface area contributed by atoms with Gasteiger partial charge in [0.25, 0.3) is 0 Å². The van der Waals surface area contributed by atoms with Gasteiger partial charge in [0.15, 0.2) is 0 Å². The van der Waals surface area contributed by atoms with Crippen LogP contribution in [0.2, 0.25) is 0 Å². The topological polar surface area (TPSA) is 96.6 Å². The average molecular weight is 481 g/mol. The zero-order valence-corrected chi connectivity index (χ0v) is 19.9. The number of amides is 1. The summed E-state index contributed by atoms with van der Waals surface area (Å²) in [7, 11) is -3.64. The third-order valence-electron chi connectivity index (χ3n) is 6.69. The van der Waals surface area contributed by atoms with Gasteiger partial charge >= 0.3 is 0 Å². The summed E-state index contributed by atoms with van der Waals surface area (Å²) < 4.78 is 33.4. The summed E-state index contributed by atoms with van der Waals surface area (Å²) in [6.07, 6.45) is 2.91. The molecular weight excluding hydrogens is 452 g/mol. The van der Waals surface area contributed by atoms with E-state index in [0.717, 1.165) is 24.0 Å². The quantitative estimate of drug-likeness (QED) is 0.551. The molecule has 2 fully saturated rings. The van der Waals surface area contributed by atoms with E-state index in [1.807, 2.05) is 37.3 Å². The van der Waals surface area contributed by atoms with Crippen molar-refractivity contribution in [2.24, 2.45) is 5.92 Å². The van der Waals surface area contributed by atoms with Crippen LogP contribution in [0.25, 0.3) is 11.4 Å². The summed E-state index contributed by atoms with van der Waals surface area (Å²) in [5, 5.41) is 4.11. The molecule has 9 heteroatoms. The van der Waals surface area contributed by atoms with Crippen LogP contribution in [0.1, 0.15) is 43.2 Å². The minimum atomic E-state index is -3.64. The van der Waals surface area contributed by atoms with Gasteiger partial charge in [-0.25, -0.2) is 8.42 Å². The van der Waals surface area contributed by atoms with Crippen LogP contribution in [0.15, 0.2) is 64.0 Å². The minimum absolute atomic E-state index is 0.0363. The van der Waals surface area contributed by atoms with E-state index in [-0.39, 0.29) is 29.3 Å². The fourth-order valence-electron chi connectivity index (χ4n) is 4.82. The summed E-state index contributed by atoms with van der Waals surface area (Å²) in [6, 6.07) is 16.2. The largest absolute Gasteiger partial charge is 0.337 e. The number of hydrogen-bond donors (Lipinski definition) is 0. The van der Waals surface area contributed by atoms with Crippen LogP contribution < -0.4 is 0 Å². The Kier molecular flexibility index (Phi) is 6.22.